The molecule has 4 heterocycles. The van der Waals surface area contributed by atoms with Crippen molar-refractivity contribution in [3.8, 4) is 0 Å². The summed E-state index contributed by atoms with van der Waals surface area (Å²) >= 11 is 0. The average molecular weight is 667 g/mol. The first-order chi connectivity index (χ1) is 21.3. The quantitative estimate of drug-likeness (QED) is 0.103. The van der Waals surface area contributed by atoms with Crippen LogP contribution in [0.4, 0.5) is 0 Å². The molecule has 21 heteroatoms. The molecule has 14 N–H and O–H groups in total. The Balaban J connectivity index is 1.68. The molecule has 20 atom stereocenters. The van der Waals surface area contributed by atoms with E-state index in [4.69, 9.17) is 33.2 Å². The fraction of sp³-hybridized carbons (Fsp3) is 1.00. The molecule has 0 bridgehead atoms. The molecular weight excluding hydrogens is 624 g/mol. The van der Waals surface area contributed by atoms with Crippen LogP contribution in [-0.2, 0) is 33.2 Å². The molecule has 0 radical (unpaired) electrons. The first-order valence-electron chi connectivity index (χ1n) is 14.1. The summed E-state index contributed by atoms with van der Waals surface area (Å²) in [5.41, 5.74) is 0. The molecule has 4 aliphatic heterocycles. The van der Waals surface area contributed by atoms with Crippen molar-refractivity contribution < 1.29 is 105 Å². The molecule has 4 fully saturated rings. The molecule has 0 saturated carbocycles. The minimum atomic E-state index is -2.03. The van der Waals surface area contributed by atoms with Gasteiger partial charge < -0.3 is 105 Å². The Morgan fingerprint density at radius 3 is 0.956 bits per heavy atom. The van der Waals surface area contributed by atoms with Crippen LogP contribution in [0.25, 0.3) is 0 Å². The van der Waals surface area contributed by atoms with E-state index >= 15 is 0 Å². The van der Waals surface area contributed by atoms with Gasteiger partial charge in [0.25, 0.3) is 0 Å². The molecule has 0 unspecified atom stereocenters. The number of hydrogen-bond acceptors (Lipinski definition) is 21. The van der Waals surface area contributed by atoms with Crippen LogP contribution in [0.1, 0.15) is 0 Å². The highest BCUT2D eigenvalue weighted by molar-refractivity contribution is 4.97. The second-order valence-electron chi connectivity index (χ2n) is 11.1. The average Bonchev–Trinajstić information content (AvgIpc) is 3.03. The Bertz CT molecular complexity index is 912. The molecular formula is C24H42O21. The maximum atomic E-state index is 11.1. The van der Waals surface area contributed by atoms with Gasteiger partial charge in [-0.3, -0.25) is 0 Å². The smallest absolute Gasteiger partial charge is 0.190 e. The maximum Gasteiger partial charge on any atom is 0.190 e. The molecule has 0 aromatic rings. The lowest BCUT2D eigenvalue weighted by Crippen LogP contribution is -2.68. The van der Waals surface area contributed by atoms with Gasteiger partial charge in [-0.15, -0.1) is 0 Å². The summed E-state index contributed by atoms with van der Waals surface area (Å²) in [7, 11) is 0. The van der Waals surface area contributed by atoms with E-state index < -0.39 is 149 Å². The van der Waals surface area contributed by atoms with Crippen molar-refractivity contribution in [2.24, 2.45) is 0 Å². The van der Waals surface area contributed by atoms with Crippen molar-refractivity contribution in [1.82, 2.24) is 0 Å². The summed E-state index contributed by atoms with van der Waals surface area (Å²) in [6.07, 6.45) is -36.7. The summed E-state index contributed by atoms with van der Waals surface area (Å²) in [6, 6.07) is 0. The lowest BCUT2D eigenvalue weighted by molar-refractivity contribution is -0.415. The van der Waals surface area contributed by atoms with Gasteiger partial charge in [0.05, 0.1) is 26.4 Å². The summed E-state index contributed by atoms with van der Waals surface area (Å²) in [6.45, 7) is -3.50. The van der Waals surface area contributed by atoms with Crippen LogP contribution in [0, 0.1) is 0 Å². The molecule has 4 aliphatic rings. The second-order valence-corrected chi connectivity index (χ2v) is 11.1. The SMILES string of the molecule is OC[C@H]1O[C@H](O[C@H]2O[C@H](CO)[C@@H](O)[C@H](O[C@H]3O[C@H](CO)[C@@H](O)[C@H](O)[C@@H]3O)[C@@H]2O[C@H]2O[C@H](CO)[C@@H](O)[C@H](O)[C@@H]2O)[C@@H](O)[C@@H](O)[C@@H]1O. The van der Waals surface area contributed by atoms with E-state index in [1.165, 1.54) is 0 Å². The Hall–Kier alpha value is -0.840. The Morgan fingerprint density at radius 1 is 0.311 bits per heavy atom. The van der Waals surface area contributed by atoms with Crippen LogP contribution in [0.5, 0.6) is 0 Å². The summed E-state index contributed by atoms with van der Waals surface area (Å²) in [5, 5.41) is 143. The number of rotatable bonds is 10. The highest BCUT2D eigenvalue weighted by atomic mass is 16.8. The standard InChI is InChI=1S/C24H42O21/c25-1-5-9(29)13(33)16(36)21(39-5)43-19-12(32)8(4-28)42-24(45-23-18(38)15(35)11(31)7(3-27)41-23)20(19)44-22-17(37)14(34)10(30)6(2-26)40-22/h5-38H,1-4H2/t5-,6-,7-,8-,9-,10-,11-,12-,13+,14+,15+,16+,17+,18+,19+,20+,21-,22-,23-,24-/m1/s1. The third kappa shape index (κ3) is 7.44. The fourth-order valence-electron chi connectivity index (χ4n) is 5.43. The molecule has 4 saturated heterocycles. The normalized spacial score (nSPS) is 52.9. The van der Waals surface area contributed by atoms with E-state index in [0.29, 0.717) is 0 Å². The van der Waals surface area contributed by atoms with E-state index in [0.717, 1.165) is 0 Å². The van der Waals surface area contributed by atoms with Crippen LogP contribution in [0.3, 0.4) is 0 Å². The van der Waals surface area contributed by atoms with Crippen molar-refractivity contribution >= 4 is 0 Å². The molecule has 0 amide bonds. The largest absolute Gasteiger partial charge is 0.394 e. The van der Waals surface area contributed by atoms with Gasteiger partial charge in [-0.25, -0.2) is 0 Å². The fourth-order valence-corrected chi connectivity index (χ4v) is 5.43. The number of ether oxygens (including phenoxy) is 7. The summed E-state index contributed by atoms with van der Waals surface area (Å²) in [5.74, 6) is 0. The van der Waals surface area contributed by atoms with Gasteiger partial charge in [0, 0.05) is 0 Å². The first-order valence-corrected chi connectivity index (χ1v) is 14.1. The predicted molar refractivity (Wildman–Crippen MR) is 134 cm³/mol. The molecule has 264 valence electrons. The zero-order valence-electron chi connectivity index (χ0n) is 23.5. The molecule has 0 aromatic carbocycles. The van der Waals surface area contributed by atoms with Gasteiger partial charge in [0.15, 0.2) is 25.2 Å². The van der Waals surface area contributed by atoms with Gasteiger partial charge in [-0.1, -0.05) is 0 Å². The van der Waals surface area contributed by atoms with Gasteiger partial charge in [-0.05, 0) is 0 Å². The summed E-state index contributed by atoms with van der Waals surface area (Å²) in [4.78, 5) is 0. The monoisotopic (exact) mass is 666 g/mol. The van der Waals surface area contributed by atoms with Gasteiger partial charge in [-0.2, -0.15) is 0 Å². The van der Waals surface area contributed by atoms with Crippen LogP contribution in [-0.4, -0.2) is 221 Å². The Labute approximate surface area is 254 Å². The van der Waals surface area contributed by atoms with Crippen molar-refractivity contribution in [1.29, 1.82) is 0 Å². The first kappa shape index (κ1) is 37.0. The zero-order valence-corrected chi connectivity index (χ0v) is 23.5. The van der Waals surface area contributed by atoms with E-state index in [1.807, 2.05) is 0 Å². The number of hydrogen-bond donors (Lipinski definition) is 14. The Kier molecular flexibility index (Phi) is 12.8. The van der Waals surface area contributed by atoms with Crippen molar-refractivity contribution in [3.63, 3.8) is 0 Å². The molecule has 21 nitrogen and oxygen atoms in total. The van der Waals surface area contributed by atoms with E-state index in [9.17, 15) is 71.5 Å². The lowest BCUT2D eigenvalue weighted by Gasteiger charge is -2.50. The van der Waals surface area contributed by atoms with E-state index in [2.05, 4.69) is 0 Å². The minimum absolute atomic E-state index is 0.845. The Morgan fingerprint density at radius 2 is 0.600 bits per heavy atom. The maximum absolute atomic E-state index is 11.1. The van der Waals surface area contributed by atoms with Crippen LogP contribution in [0.2, 0.25) is 0 Å². The van der Waals surface area contributed by atoms with Crippen molar-refractivity contribution in [3.05, 3.63) is 0 Å². The molecule has 0 spiro atoms. The van der Waals surface area contributed by atoms with Crippen molar-refractivity contribution in [2.75, 3.05) is 26.4 Å². The molecule has 45 heavy (non-hydrogen) atoms. The topological polar surface area (TPSA) is 348 Å². The predicted octanol–water partition coefficient (Wildman–Crippen LogP) is -9.75. The van der Waals surface area contributed by atoms with Gasteiger partial charge >= 0.3 is 0 Å². The molecule has 0 aromatic heterocycles. The molecule has 0 aliphatic carbocycles. The van der Waals surface area contributed by atoms with Gasteiger partial charge in [0.1, 0.15) is 97.7 Å². The zero-order chi connectivity index (χ0) is 33.3. The van der Waals surface area contributed by atoms with Crippen LogP contribution >= 0.6 is 0 Å². The highest BCUT2D eigenvalue weighted by Gasteiger charge is 2.56. The minimum Gasteiger partial charge on any atom is -0.394 e. The number of aliphatic hydroxyl groups is 14. The van der Waals surface area contributed by atoms with E-state index in [-0.39, 0.29) is 0 Å². The number of aliphatic hydroxyl groups excluding tert-OH is 14. The third-order valence-corrected chi connectivity index (χ3v) is 8.19. The van der Waals surface area contributed by atoms with Gasteiger partial charge in [0.2, 0.25) is 0 Å². The lowest BCUT2D eigenvalue weighted by atomic mass is 9.96. The van der Waals surface area contributed by atoms with E-state index in [1.54, 1.807) is 0 Å². The third-order valence-electron chi connectivity index (χ3n) is 8.19. The van der Waals surface area contributed by atoms with Crippen LogP contribution in [0.15, 0.2) is 0 Å². The second kappa shape index (κ2) is 15.6. The van der Waals surface area contributed by atoms with Crippen molar-refractivity contribution in [2.45, 2.75) is 123 Å². The van der Waals surface area contributed by atoms with Crippen LogP contribution < -0.4 is 0 Å². The highest BCUT2D eigenvalue weighted by Crippen LogP contribution is 2.35. The summed E-state index contributed by atoms with van der Waals surface area (Å²) < 4.78 is 38.8. The molecule has 4 rings (SSSR count).